The lowest BCUT2D eigenvalue weighted by molar-refractivity contribution is 0.0934. The van der Waals surface area contributed by atoms with Gasteiger partial charge in [0.15, 0.2) is 0 Å². The number of benzene rings is 1. The van der Waals surface area contributed by atoms with Crippen molar-refractivity contribution in [2.45, 2.75) is 26.7 Å². The molecule has 1 aromatic carbocycles. The van der Waals surface area contributed by atoms with Crippen LogP contribution in [0.3, 0.4) is 0 Å². The number of carbonyl (C=O) groups is 1. The fraction of sp³-hybridized carbons (Fsp3) is 0.412. The van der Waals surface area contributed by atoms with Crippen molar-refractivity contribution >= 4 is 5.91 Å². The first-order chi connectivity index (χ1) is 10.6. The Morgan fingerprint density at radius 1 is 1.36 bits per heavy atom. The Bertz CT molecular complexity index is 702. The molecule has 0 unspecified atom stereocenters. The van der Waals surface area contributed by atoms with Gasteiger partial charge < -0.3 is 10.4 Å². The Morgan fingerprint density at radius 3 is 2.73 bits per heavy atom. The summed E-state index contributed by atoms with van der Waals surface area (Å²) in [5.41, 5.74) is 3.40. The van der Waals surface area contributed by atoms with Crippen LogP contribution >= 0.6 is 0 Å². The van der Waals surface area contributed by atoms with Crippen LogP contribution in [0.25, 0.3) is 5.69 Å². The van der Waals surface area contributed by atoms with E-state index in [1.807, 2.05) is 38.1 Å². The van der Waals surface area contributed by atoms with Crippen LogP contribution < -0.4 is 5.32 Å². The Balaban J connectivity index is 1.78. The predicted octanol–water partition coefficient (Wildman–Crippen LogP) is 1.99. The standard InChI is InChI=1S/C17H21N3O2/c1-12-5-3-4-6-15(12)20-13(2)14(9-19-20)16(22)18-10-17(11-21)7-8-17/h3-6,9,21H,7-8,10-11H2,1-2H3,(H,18,22). The molecule has 0 aliphatic heterocycles. The van der Waals surface area contributed by atoms with Crippen LogP contribution in [-0.4, -0.2) is 33.9 Å². The van der Waals surface area contributed by atoms with Gasteiger partial charge in [-0.25, -0.2) is 4.68 Å². The molecule has 1 amide bonds. The Hall–Kier alpha value is -2.14. The highest BCUT2D eigenvalue weighted by molar-refractivity contribution is 5.95. The average molecular weight is 299 g/mol. The quantitative estimate of drug-likeness (QED) is 0.887. The van der Waals surface area contributed by atoms with Gasteiger partial charge in [0.05, 0.1) is 29.7 Å². The molecule has 2 aromatic rings. The summed E-state index contributed by atoms with van der Waals surface area (Å²) in [4.78, 5) is 12.3. The molecule has 0 bridgehead atoms. The second-order valence-corrected chi connectivity index (χ2v) is 6.18. The van der Waals surface area contributed by atoms with Gasteiger partial charge in [-0.2, -0.15) is 5.10 Å². The summed E-state index contributed by atoms with van der Waals surface area (Å²) in [6, 6.07) is 7.95. The minimum atomic E-state index is -0.128. The Labute approximate surface area is 130 Å². The Kier molecular flexibility index (Phi) is 3.74. The summed E-state index contributed by atoms with van der Waals surface area (Å²) in [5.74, 6) is -0.128. The van der Waals surface area contributed by atoms with Gasteiger partial charge >= 0.3 is 0 Å². The van der Waals surface area contributed by atoms with Crippen LogP contribution in [0.1, 0.15) is 34.5 Å². The van der Waals surface area contributed by atoms with Gasteiger partial charge in [0.25, 0.3) is 5.91 Å². The van der Waals surface area contributed by atoms with E-state index in [0.29, 0.717) is 12.1 Å². The van der Waals surface area contributed by atoms with E-state index in [-0.39, 0.29) is 17.9 Å². The third-order valence-electron chi connectivity index (χ3n) is 4.51. The molecule has 22 heavy (non-hydrogen) atoms. The van der Waals surface area contributed by atoms with E-state index in [1.165, 1.54) is 0 Å². The van der Waals surface area contributed by atoms with Crippen molar-refractivity contribution in [2.24, 2.45) is 5.41 Å². The number of nitrogens with zero attached hydrogens (tertiary/aromatic N) is 2. The number of rotatable bonds is 5. The fourth-order valence-electron chi connectivity index (χ4n) is 2.61. The van der Waals surface area contributed by atoms with E-state index in [9.17, 15) is 9.90 Å². The van der Waals surface area contributed by atoms with Crippen molar-refractivity contribution < 1.29 is 9.90 Å². The normalized spacial score (nSPS) is 15.6. The molecule has 0 saturated heterocycles. The minimum absolute atomic E-state index is 0.0877. The van der Waals surface area contributed by atoms with Crippen LogP contribution in [0.5, 0.6) is 0 Å². The van der Waals surface area contributed by atoms with Gasteiger partial charge in [-0.15, -0.1) is 0 Å². The van der Waals surface area contributed by atoms with Crippen LogP contribution in [0.4, 0.5) is 0 Å². The highest BCUT2D eigenvalue weighted by Gasteiger charge is 2.42. The Morgan fingerprint density at radius 2 is 2.09 bits per heavy atom. The van der Waals surface area contributed by atoms with Gasteiger partial charge in [0.1, 0.15) is 0 Å². The van der Waals surface area contributed by atoms with Crippen molar-refractivity contribution in [3.8, 4) is 5.69 Å². The monoisotopic (exact) mass is 299 g/mol. The molecule has 116 valence electrons. The molecule has 5 nitrogen and oxygen atoms in total. The maximum Gasteiger partial charge on any atom is 0.254 e. The molecule has 3 rings (SSSR count). The van der Waals surface area contributed by atoms with Gasteiger partial charge in [-0.1, -0.05) is 18.2 Å². The van der Waals surface area contributed by atoms with E-state index in [2.05, 4.69) is 10.4 Å². The first kappa shape index (κ1) is 14.8. The number of aliphatic hydroxyl groups excluding tert-OH is 1. The van der Waals surface area contributed by atoms with E-state index in [1.54, 1.807) is 10.9 Å². The van der Waals surface area contributed by atoms with Gasteiger partial charge in [0.2, 0.25) is 0 Å². The van der Waals surface area contributed by atoms with Crippen LogP contribution in [-0.2, 0) is 0 Å². The highest BCUT2D eigenvalue weighted by atomic mass is 16.3. The van der Waals surface area contributed by atoms with Crippen LogP contribution in [0.15, 0.2) is 30.5 Å². The number of aryl methyl sites for hydroxylation is 1. The number of para-hydroxylation sites is 1. The summed E-state index contributed by atoms with van der Waals surface area (Å²) < 4.78 is 1.79. The smallest absolute Gasteiger partial charge is 0.254 e. The zero-order valence-electron chi connectivity index (χ0n) is 13.0. The topological polar surface area (TPSA) is 67.2 Å². The van der Waals surface area contributed by atoms with Gasteiger partial charge in [-0.3, -0.25) is 4.79 Å². The maximum absolute atomic E-state index is 12.3. The average Bonchev–Trinajstić information content (AvgIpc) is 3.22. The van der Waals surface area contributed by atoms with Gasteiger partial charge in [0, 0.05) is 12.0 Å². The molecular formula is C17H21N3O2. The molecule has 1 aliphatic rings. The summed E-state index contributed by atoms with van der Waals surface area (Å²) in [7, 11) is 0. The van der Waals surface area contributed by atoms with E-state index in [0.717, 1.165) is 29.8 Å². The number of aliphatic hydroxyl groups is 1. The molecule has 1 aromatic heterocycles. The third kappa shape index (κ3) is 2.64. The molecule has 2 N–H and O–H groups in total. The number of hydrogen-bond donors (Lipinski definition) is 2. The fourth-order valence-corrected chi connectivity index (χ4v) is 2.61. The molecule has 0 radical (unpaired) electrons. The van der Waals surface area contributed by atoms with Crippen LogP contribution in [0.2, 0.25) is 0 Å². The van der Waals surface area contributed by atoms with Crippen molar-refractivity contribution in [1.82, 2.24) is 15.1 Å². The lowest BCUT2D eigenvalue weighted by Gasteiger charge is -2.12. The third-order valence-corrected chi connectivity index (χ3v) is 4.51. The first-order valence-corrected chi connectivity index (χ1v) is 7.56. The van der Waals surface area contributed by atoms with Crippen molar-refractivity contribution in [3.05, 3.63) is 47.3 Å². The molecule has 0 atom stereocenters. The summed E-state index contributed by atoms with van der Waals surface area (Å²) >= 11 is 0. The van der Waals surface area contributed by atoms with Gasteiger partial charge in [-0.05, 0) is 38.3 Å². The molecule has 1 aliphatic carbocycles. The second kappa shape index (κ2) is 5.57. The van der Waals surface area contributed by atoms with Crippen LogP contribution in [0, 0.1) is 19.3 Å². The van der Waals surface area contributed by atoms with E-state index >= 15 is 0 Å². The molecule has 1 saturated carbocycles. The molecule has 0 spiro atoms. The number of nitrogens with one attached hydrogen (secondary N) is 1. The van der Waals surface area contributed by atoms with Crippen molar-refractivity contribution in [3.63, 3.8) is 0 Å². The summed E-state index contributed by atoms with van der Waals surface area (Å²) in [5, 5.41) is 16.6. The highest BCUT2D eigenvalue weighted by Crippen LogP contribution is 2.44. The molecule has 1 heterocycles. The van der Waals surface area contributed by atoms with Crippen molar-refractivity contribution in [2.75, 3.05) is 13.2 Å². The largest absolute Gasteiger partial charge is 0.396 e. The molecular weight excluding hydrogens is 278 g/mol. The number of carbonyl (C=O) groups excluding carboxylic acids is 1. The molecule has 1 fully saturated rings. The van der Waals surface area contributed by atoms with Crippen molar-refractivity contribution in [1.29, 1.82) is 0 Å². The first-order valence-electron chi connectivity index (χ1n) is 7.56. The summed E-state index contributed by atoms with van der Waals surface area (Å²) in [6.45, 7) is 4.58. The zero-order valence-corrected chi connectivity index (χ0v) is 13.0. The zero-order chi connectivity index (χ0) is 15.7. The number of aromatic nitrogens is 2. The lowest BCUT2D eigenvalue weighted by Crippen LogP contribution is -2.32. The second-order valence-electron chi connectivity index (χ2n) is 6.18. The predicted molar refractivity (Wildman–Crippen MR) is 84.1 cm³/mol. The number of amides is 1. The minimum Gasteiger partial charge on any atom is -0.396 e. The SMILES string of the molecule is Cc1ccccc1-n1ncc(C(=O)NCC2(CO)CC2)c1C. The number of hydrogen-bond acceptors (Lipinski definition) is 3. The lowest BCUT2D eigenvalue weighted by atomic mass is 10.1. The van der Waals surface area contributed by atoms with E-state index < -0.39 is 0 Å². The maximum atomic E-state index is 12.3. The molecule has 5 heteroatoms. The summed E-state index contributed by atoms with van der Waals surface area (Å²) in [6.07, 6.45) is 3.56. The van der Waals surface area contributed by atoms with E-state index in [4.69, 9.17) is 0 Å².